The average Bonchev–Trinajstić information content (AvgIpc) is 3.04. The Morgan fingerprint density at radius 2 is 1.90 bits per heavy atom. The number of nitrogens with one attached hydrogen (secondary N) is 3. The average molecular weight is 346 g/mol. The van der Waals surface area contributed by atoms with Crippen LogP contribution >= 0.6 is 15.9 Å². The maximum absolute atomic E-state index is 11.4. The van der Waals surface area contributed by atoms with Gasteiger partial charge in [-0.2, -0.15) is 10.2 Å². The zero-order chi connectivity index (χ0) is 14.7. The number of benzene rings is 1. The molecule has 7 heteroatoms. The van der Waals surface area contributed by atoms with Crippen molar-refractivity contribution in [1.82, 2.24) is 20.4 Å². The lowest BCUT2D eigenvalue weighted by molar-refractivity contribution is 0.971. The molecule has 21 heavy (non-hydrogen) atoms. The van der Waals surface area contributed by atoms with Crippen LogP contribution in [0.15, 0.2) is 52.0 Å². The molecule has 1 aromatic carbocycles. The van der Waals surface area contributed by atoms with Gasteiger partial charge in [-0.15, -0.1) is 0 Å². The van der Waals surface area contributed by atoms with E-state index in [-0.39, 0.29) is 5.56 Å². The molecular formula is C14H12BrN5O. The molecule has 3 rings (SSSR count). The molecule has 3 aromatic rings. The van der Waals surface area contributed by atoms with Gasteiger partial charge < -0.3 is 5.32 Å². The molecule has 106 valence electrons. The second kappa shape index (κ2) is 5.92. The Labute approximate surface area is 128 Å². The first-order chi connectivity index (χ1) is 10.2. The van der Waals surface area contributed by atoms with E-state index in [2.05, 4.69) is 41.6 Å². The van der Waals surface area contributed by atoms with Crippen molar-refractivity contribution in [2.75, 3.05) is 5.32 Å². The number of anilines is 1. The fourth-order valence-electron chi connectivity index (χ4n) is 1.92. The molecular weight excluding hydrogens is 334 g/mol. The Morgan fingerprint density at radius 3 is 2.62 bits per heavy atom. The first kappa shape index (κ1) is 13.6. The van der Waals surface area contributed by atoms with Crippen LogP contribution in [0.25, 0.3) is 11.3 Å². The van der Waals surface area contributed by atoms with Gasteiger partial charge in [0.05, 0.1) is 17.6 Å². The van der Waals surface area contributed by atoms with Gasteiger partial charge >= 0.3 is 0 Å². The number of aromatic amines is 2. The molecule has 0 radical (unpaired) electrons. The highest BCUT2D eigenvalue weighted by atomic mass is 79.9. The monoisotopic (exact) mass is 345 g/mol. The summed E-state index contributed by atoms with van der Waals surface area (Å²) in [5.74, 6) is 0. The van der Waals surface area contributed by atoms with Crippen LogP contribution in [0.4, 0.5) is 5.69 Å². The van der Waals surface area contributed by atoms with Gasteiger partial charge in [-0.05, 0) is 33.1 Å². The van der Waals surface area contributed by atoms with Crippen LogP contribution in [0, 0.1) is 0 Å². The zero-order valence-electron chi connectivity index (χ0n) is 10.9. The van der Waals surface area contributed by atoms with Crippen LogP contribution in [0.5, 0.6) is 0 Å². The summed E-state index contributed by atoms with van der Waals surface area (Å²) in [6.07, 6.45) is 3.30. The van der Waals surface area contributed by atoms with E-state index in [0.717, 1.165) is 16.8 Å². The molecule has 0 bridgehead atoms. The lowest BCUT2D eigenvalue weighted by atomic mass is 10.1. The molecule has 6 nitrogen and oxygen atoms in total. The minimum Gasteiger partial charge on any atom is -0.379 e. The van der Waals surface area contributed by atoms with Gasteiger partial charge in [-0.25, -0.2) is 5.10 Å². The number of hydrogen-bond acceptors (Lipinski definition) is 4. The third-order valence-corrected chi connectivity index (χ3v) is 3.83. The summed E-state index contributed by atoms with van der Waals surface area (Å²) in [5.41, 5.74) is 3.57. The fraction of sp³-hybridized carbons (Fsp3) is 0.0714. The molecule has 0 saturated carbocycles. The Balaban J connectivity index is 1.71. The van der Waals surface area contributed by atoms with Gasteiger partial charge in [0.25, 0.3) is 5.56 Å². The van der Waals surface area contributed by atoms with Gasteiger partial charge in [-0.1, -0.05) is 24.3 Å². The molecule has 2 heterocycles. The predicted molar refractivity (Wildman–Crippen MR) is 83.9 cm³/mol. The molecule has 2 aromatic heterocycles. The number of nitrogens with zero attached hydrogens (tertiary/aromatic N) is 2. The first-order valence-electron chi connectivity index (χ1n) is 6.30. The van der Waals surface area contributed by atoms with Crippen LogP contribution in [-0.4, -0.2) is 20.4 Å². The smallest absolute Gasteiger partial charge is 0.280 e. The van der Waals surface area contributed by atoms with E-state index >= 15 is 0 Å². The molecule has 0 saturated heterocycles. The molecule has 0 fully saturated rings. The largest absolute Gasteiger partial charge is 0.379 e. The minimum atomic E-state index is -0.255. The van der Waals surface area contributed by atoms with Crippen molar-refractivity contribution in [3.8, 4) is 11.3 Å². The van der Waals surface area contributed by atoms with Crippen molar-refractivity contribution in [2.45, 2.75) is 6.54 Å². The van der Waals surface area contributed by atoms with Crippen molar-refractivity contribution < 1.29 is 0 Å². The maximum Gasteiger partial charge on any atom is 0.280 e. The van der Waals surface area contributed by atoms with E-state index in [1.807, 2.05) is 30.3 Å². The highest BCUT2D eigenvalue weighted by Gasteiger charge is 2.04. The number of rotatable bonds is 4. The van der Waals surface area contributed by atoms with Crippen LogP contribution in [0.2, 0.25) is 0 Å². The third-order valence-electron chi connectivity index (χ3n) is 3.04. The van der Waals surface area contributed by atoms with Crippen LogP contribution in [-0.2, 0) is 6.54 Å². The van der Waals surface area contributed by atoms with Gasteiger partial charge in [0.1, 0.15) is 4.47 Å². The number of halogens is 1. The van der Waals surface area contributed by atoms with Crippen LogP contribution in [0.1, 0.15) is 5.56 Å². The predicted octanol–water partition coefficient (Wildman–Crippen LogP) is 2.53. The fourth-order valence-corrected chi connectivity index (χ4v) is 2.25. The second-order valence-corrected chi connectivity index (χ2v) is 5.24. The molecule has 0 unspecified atom stereocenters. The number of aromatic nitrogens is 4. The van der Waals surface area contributed by atoms with Gasteiger partial charge in [-0.3, -0.25) is 9.89 Å². The van der Waals surface area contributed by atoms with Gasteiger partial charge in [0.2, 0.25) is 0 Å². The standard InChI is InChI=1S/C14H12BrN5O/c15-13-12(8-18-20-14(13)21)16-7-9-1-3-10(4-2-9)11-5-6-17-19-11/h1-6,8H,7H2,(H,17,19)(H2,16,20,21). The molecule has 0 spiro atoms. The Bertz CT molecular complexity index is 780. The number of H-pyrrole nitrogens is 2. The normalized spacial score (nSPS) is 10.5. The van der Waals surface area contributed by atoms with E-state index in [0.29, 0.717) is 16.7 Å². The molecule has 0 atom stereocenters. The quantitative estimate of drug-likeness (QED) is 0.678. The number of hydrogen-bond donors (Lipinski definition) is 3. The lowest BCUT2D eigenvalue weighted by Gasteiger charge is -2.07. The van der Waals surface area contributed by atoms with E-state index in [1.54, 1.807) is 12.4 Å². The summed E-state index contributed by atoms with van der Waals surface area (Å²) in [5, 5.41) is 16.2. The van der Waals surface area contributed by atoms with Crippen LogP contribution in [0.3, 0.4) is 0 Å². The lowest BCUT2D eigenvalue weighted by Crippen LogP contribution is -2.12. The molecule has 0 aliphatic heterocycles. The second-order valence-electron chi connectivity index (χ2n) is 4.45. The summed E-state index contributed by atoms with van der Waals surface area (Å²) >= 11 is 3.23. The summed E-state index contributed by atoms with van der Waals surface area (Å²) in [4.78, 5) is 11.4. The Kier molecular flexibility index (Phi) is 3.83. The van der Waals surface area contributed by atoms with Gasteiger partial charge in [0.15, 0.2) is 0 Å². The molecule has 3 N–H and O–H groups in total. The first-order valence-corrected chi connectivity index (χ1v) is 7.09. The van der Waals surface area contributed by atoms with E-state index in [9.17, 15) is 4.79 Å². The summed E-state index contributed by atoms with van der Waals surface area (Å²) in [6.45, 7) is 0.604. The minimum absolute atomic E-state index is 0.255. The summed E-state index contributed by atoms with van der Waals surface area (Å²) in [6, 6.07) is 10.0. The van der Waals surface area contributed by atoms with Crippen molar-refractivity contribution in [3.63, 3.8) is 0 Å². The maximum atomic E-state index is 11.4. The highest BCUT2D eigenvalue weighted by Crippen LogP contribution is 2.19. The third kappa shape index (κ3) is 3.03. The molecule has 0 aliphatic carbocycles. The van der Waals surface area contributed by atoms with Crippen molar-refractivity contribution >= 4 is 21.6 Å². The Morgan fingerprint density at radius 1 is 1.10 bits per heavy atom. The zero-order valence-corrected chi connectivity index (χ0v) is 12.5. The molecule has 0 amide bonds. The van der Waals surface area contributed by atoms with Gasteiger partial charge in [0, 0.05) is 12.7 Å². The summed E-state index contributed by atoms with van der Waals surface area (Å²) in [7, 11) is 0. The van der Waals surface area contributed by atoms with Crippen molar-refractivity contribution in [3.05, 3.63) is 63.1 Å². The van der Waals surface area contributed by atoms with E-state index in [1.165, 1.54) is 0 Å². The highest BCUT2D eigenvalue weighted by molar-refractivity contribution is 9.10. The summed E-state index contributed by atoms with van der Waals surface area (Å²) < 4.78 is 0.451. The Hall–Kier alpha value is -2.41. The van der Waals surface area contributed by atoms with Crippen molar-refractivity contribution in [1.29, 1.82) is 0 Å². The van der Waals surface area contributed by atoms with E-state index in [4.69, 9.17) is 0 Å². The topological polar surface area (TPSA) is 86.5 Å². The van der Waals surface area contributed by atoms with Crippen molar-refractivity contribution in [2.24, 2.45) is 0 Å². The SMILES string of the molecule is O=c1[nH]ncc(NCc2ccc(-c3ccn[nH]3)cc2)c1Br. The molecule has 0 aliphatic rings. The van der Waals surface area contributed by atoms with Crippen LogP contribution < -0.4 is 10.9 Å². The van der Waals surface area contributed by atoms with E-state index < -0.39 is 0 Å².